The molecule has 1 heterocycles. The zero-order valence-electron chi connectivity index (χ0n) is 12.0. The maximum absolute atomic E-state index is 12.7. The van der Waals surface area contributed by atoms with Gasteiger partial charge in [0.25, 0.3) is 0 Å². The maximum atomic E-state index is 12.7. The summed E-state index contributed by atoms with van der Waals surface area (Å²) in [6, 6.07) is 7.61. The summed E-state index contributed by atoms with van der Waals surface area (Å²) in [5, 5.41) is 7.79. The molecular weight excluding hydrogens is 286 g/mol. The van der Waals surface area contributed by atoms with Crippen molar-refractivity contribution in [2.24, 2.45) is 0 Å². The summed E-state index contributed by atoms with van der Waals surface area (Å²) < 4.78 is 0. The number of benzene rings is 1. The number of H-pyrrole nitrogens is 1. The van der Waals surface area contributed by atoms with Crippen LogP contribution in [0.15, 0.2) is 30.5 Å². The Bertz CT molecular complexity index is 635. The van der Waals surface area contributed by atoms with E-state index in [4.69, 9.17) is 11.6 Å². The summed E-state index contributed by atoms with van der Waals surface area (Å²) >= 11 is 5.89. The maximum Gasteiger partial charge on any atom is 0.230 e. The number of hydrogen-bond acceptors (Lipinski definition) is 2. The second-order valence-corrected chi connectivity index (χ2v) is 6.01. The number of fused-ring (bicyclic) bond motifs is 1. The van der Waals surface area contributed by atoms with Gasteiger partial charge in [0.1, 0.15) is 0 Å². The van der Waals surface area contributed by atoms with Crippen molar-refractivity contribution in [3.63, 3.8) is 0 Å². The number of likely N-dealkylation sites (N-methyl/N-ethyl adjacent to an activating group) is 1. The van der Waals surface area contributed by atoms with Crippen LogP contribution in [0.2, 0.25) is 5.02 Å². The molecule has 4 nitrogen and oxygen atoms in total. The quantitative estimate of drug-likeness (QED) is 0.947. The smallest absolute Gasteiger partial charge is 0.230 e. The molecule has 5 heteroatoms. The molecule has 21 heavy (non-hydrogen) atoms. The van der Waals surface area contributed by atoms with Gasteiger partial charge in [-0.15, -0.1) is 0 Å². The summed E-state index contributed by atoms with van der Waals surface area (Å²) in [5.41, 5.74) is 3.26. The molecule has 0 saturated carbocycles. The van der Waals surface area contributed by atoms with Crippen molar-refractivity contribution < 1.29 is 4.79 Å². The molecule has 3 rings (SSSR count). The van der Waals surface area contributed by atoms with Gasteiger partial charge in [0, 0.05) is 29.9 Å². The molecule has 1 aliphatic carbocycles. The van der Waals surface area contributed by atoms with Gasteiger partial charge >= 0.3 is 0 Å². The molecule has 0 saturated heterocycles. The Morgan fingerprint density at radius 2 is 2.19 bits per heavy atom. The zero-order chi connectivity index (χ0) is 14.8. The van der Waals surface area contributed by atoms with Crippen molar-refractivity contribution in [2.75, 3.05) is 7.05 Å². The number of nitrogens with zero attached hydrogens (tertiary/aromatic N) is 2. The average Bonchev–Trinajstić information content (AvgIpc) is 2.97. The van der Waals surface area contributed by atoms with Crippen LogP contribution in [-0.4, -0.2) is 28.1 Å². The first-order valence-electron chi connectivity index (χ1n) is 7.16. The molecule has 1 aromatic carbocycles. The average molecular weight is 304 g/mol. The fourth-order valence-corrected chi connectivity index (χ4v) is 3.05. The first kappa shape index (κ1) is 14.1. The van der Waals surface area contributed by atoms with Gasteiger partial charge in [0.15, 0.2) is 0 Å². The molecule has 0 radical (unpaired) electrons. The molecule has 1 amide bonds. The molecule has 1 unspecified atom stereocenters. The van der Waals surface area contributed by atoms with E-state index in [2.05, 4.69) is 10.2 Å². The van der Waals surface area contributed by atoms with Crippen molar-refractivity contribution in [1.29, 1.82) is 0 Å². The van der Waals surface area contributed by atoms with Gasteiger partial charge in [-0.1, -0.05) is 23.7 Å². The van der Waals surface area contributed by atoms with Crippen molar-refractivity contribution in [2.45, 2.75) is 31.7 Å². The highest BCUT2D eigenvalue weighted by atomic mass is 35.5. The normalized spacial score (nSPS) is 17.3. The summed E-state index contributed by atoms with van der Waals surface area (Å²) in [5.74, 6) is 0.0945. The van der Waals surface area contributed by atoms with Crippen LogP contribution in [0.5, 0.6) is 0 Å². The fourth-order valence-electron chi connectivity index (χ4n) is 2.93. The number of hydrogen-bond donors (Lipinski definition) is 1. The molecule has 0 spiro atoms. The molecule has 0 bridgehead atoms. The lowest BCUT2D eigenvalue weighted by atomic mass is 9.86. The molecule has 1 N–H and O–H groups in total. The highest BCUT2D eigenvalue weighted by molar-refractivity contribution is 6.30. The molecule has 1 atom stereocenters. The van der Waals surface area contributed by atoms with E-state index in [1.54, 1.807) is 11.1 Å². The van der Waals surface area contributed by atoms with Crippen LogP contribution in [0.1, 0.15) is 35.6 Å². The lowest BCUT2D eigenvalue weighted by Gasteiger charge is -2.26. The van der Waals surface area contributed by atoms with Gasteiger partial charge in [0.05, 0.1) is 12.1 Å². The molecule has 110 valence electrons. The number of carbonyl (C=O) groups is 1. The largest absolute Gasteiger partial charge is 0.341 e. The van der Waals surface area contributed by atoms with E-state index in [0.717, 1.165) is 36.1 Å². The molecule has 1 aliphatic rings. The van der Waals surface area contributed by atoms with Crippen LogP contribution in [0, 0.1) is 0 Å². The third-order valence-electron chi connectivity index (χ3n) is 4.05. The number of aromatic nitrogens is 2. The minimum absolute atomic E-state index is 0.0650. The highest BCUT2D eigenvalue weighted by Crippen LogP contribution is 2.31. The van der Waals surface area contributed by atoms with E-state index < -0.39 is 0 Å². The Kier molecular flexibility index (Phi) is 3.97. The van der Waals surface area contributed by atoms with Crippen molar-refractivity contribution >= 4 is 17.5 Å². The van der Waals surface area contributed by atoms with Gasteiger partial charge in [-0.3, -0.25) is 9.89 Å². The molecular formula is C16H18ClN3O. The number of carbonyl (C=O) groups excluding carboxylic acids is 1. The number of halogens is 1. The number of aromatic amines is 1. The van der Waals surface area contributed by atoms with Gasteiger partial charge < -0.3 is 4.90 Å². The minimum atomic E-state index is -0.0650. The predicted octanol–water partition coefficient (Wildman–Crippen LogP) is 3.14. The van der Waals surface area contributed by atoms with Crippen molar-refractivity contribution in [3.8, 4) is 0 Å². The number of amides is 1. The first-order valence-corrected chi connectivity index (χ1v) is 7.54. The monoisotopic (exact) mass is 303 g/mol. The highest BCUT2D eigenvalue weighted by Gasteiger charge is 2.29. The van der Waals surface area contributed by atoms with Crippen molar-refractivity contribution in [1.82, 2.24) is 15.1 Å². The Balaban J connectivity index is 1.72. The lowest BCUT2D eigenvalue weighted by Crippen LogP contribution is -2.32. The molecule has 1 aromatic heterocycles. The van der Waals surface area contributed by atoms with Crippen LogP contribution in [0.3, 0.4) is 0 Å². The SMILES string of the molecule is CN(Cc1ccc(Cl)cc1)C(=O)C1CCCc2[nH]ncc21. The lowest BCUT2D eigenvalue weighted by molar-refractivity contribution is -0.132. The minimum Gasteiger partial charge on any atom is -0.341 e. The molecule has 0 aliphatic heterocycles. The second kappa shape index (κ2) is 5.90. The van der Waals surface area contributed by atoms with Crippen LogP contribution >= 0.6 is 11.6 Å². The van der Waals surface area contributed by atoms with E-state index in [1.165, 1.54) is 0 Å². The fraction of sp³-hybridized carbons (Fsp3) is 0.375. The van der Waals surface area contributed by atoms with Crippen LogP contribution in [0.4, 0.5) is 0 Å². The van der Waals surface area contributed by atoms with Gasteiger partial charge in [0.2, 0.25) is 5.91 Å². The summed E-state index contributed by atoms with van der Waals surface area (Å²) in [4.78, 5) is 14.5. The zero-order valence-corrected chi connectivity index (χ0v) is 12.7. The summed E-state index contributed by atoms with van der Waals surface area (Å²) in [7, 11) is 1.85. The first-order chi connectivity index (χ1) is 10.1. The second-order valence-electron chi connectivity index (χ2n) is 5.57. The number of rotatable bonds is 3. The Morgan fingerprint density at radius 3 is 2.95 bits per heavy atom. The van der Waals surface area contributed by atoms with E-state index in [0.29, 0.717) is 11.6 Å². The van der Waals surface area contributed by atoms with E-state index >= 15 is 0 Å². The van der Waals surface area contributed by atoms with E-state index in [-0.39, 0.29) is 11.8 Å². The van der Waals surface area contributed by atoms with Gasteiger partial charge in [-0.25, -0.2) is 0 Å². The topological polar surface area (TPSA) is 49.0 Å². The molecule has 0 fully saturated rings. The Hall–Kier alpha value is -1.81. The third kappa shape index (κ3) is 2.95. The van der Waals surface area contributed by atoms with Gasteiger partial charge in [-0.2, -0.15) is 5.10 Å². The van der Waals surface area contributed by atoms with Crippen LogP contribution in [0.25, 0.3) is 0 Å². The van der Waals surface area contributed by atoms with Crippen molar-refractivity contribution in [3.05, 3.63) is 52.3 Å². The van der Waals surface area contributed by atoms with E-state index in [9.17, 15) is 4.79 Å². The van der Waals surface area contributed by atoms with Crippen LogP contribution in [-0.2, 0) is 17.8 Å². The Labute approximate surface area is 129 Å². The number of aryl methyl sites for hydroxylation is 1. The summed E-state index contributed by atoms with van der Waals surface area (Å²) in [6.07, 6.45) is 4.71. The standard InChI is InChI=1S/C16H18ClN3O/c1-20(10-11-5-7-12(17)8-6-11)16(21)13-3-2-4-15-14(13)9-18-19-15/h5-9,13H,2-4,10H2,1H3,(H,18,19). The predicted molar refractivity (Wildman–Crippen MR) is 82.2 cm³/mol. The number of nitrogens with one attached hydrogen (secondary N) is 1. The Morgan fingerprint density at radius 1 is 1.43 bits per heavy atom. The molecule has 2 aromatic rings. The van der Waals surface area contributed by atoms with Gasteiger partial charge in [-0.05, 0) is 37.0 Å². The van der Waals surface area contributed by atoms with E-state index in [1.807, 2.05) is 31.3 Å². The third-order valence-corrected chi connectivity index (χ3v) is 4.31. The summed E-state index contributed by atoms with van der Waals surface area (Å²) in [6.45, 7) is 0.597. The van der Waals surface area contributed by atoms with Crippen LogP contribution < -0.4 is 0 Å².